The van der Waals surface area contributed by atoms with E-state index in [2.05, 4.69) is 65.1 Å². The summed E-state index contributed by atoms with van der Waals surface area (Å²) < 4.78 is 54.3. The largest absolute Gasteiger partial charge is 0.333 e. The predicted molar refractivity (Wildman–Crippen MR) is 238 cm³/mol. The molecule has 2 aromatic carbocycles. The number of aromatic nitrogens is 4. The zero-order valence-corrected chi connectivity index (χ0v) is 38.1. The number of benzene rings is 2. The highest BCUT2D eigenvalue weighted by Gasteiger charge is 2.33. The minimum Gasteiger partial charge on any atom is -0.307 e. The van der Waals surface area contributed by atoms with Gasteiger partial charge in [-0.05, 0) is 172 Å². The molecule has 0 spiro atoms. The molecule has 10 rings (SSSR count). The fourth-order valence-corrected chi connectivity index (χ4v) is 11.0. The highest BCUT2D eigenvalue weighted by atomic mass is 32.2. The third-order valence-electron chi connectivity index (χ3n) is 13.6. The van der Waals surface area contributed by atoms with Gasteiger partial charge in [-0.1, -0.05) is 39.8 Å². The number of amides is 2. The van der Waals surface area contributed by atoms with Gasteiger partial charge in [0.25, 0.3) is 20.0 Å². The quantitative estimate of drug-likeness (QED) is 0.0988. The lowest BCUT2D eigenvalue weighted by atomic mass is 9.99. The summed E-state index contributed by atoms with van der Waals surface area (Å²) in [6.45, 7) is 8.29. The van der Waals surface area contributed by atoms with Gasteiger partial charge in [0, 0.05) is 29.2 Å². The fourth-order valence-electron chi connectivity index (χ4n) is 9.67. The highest BCUT2D eigenvalue weighted by Crippen LogP contribution is 2.42. The van der Waals surface area contributed by atoms with E-state index in [9.17, 15) is 26.4 Å². The SMILES string of the molecule is CCC(C)c1cc(S(=O)(=O)NC(=O)Nc2c3c(cc4c2CCC4)CCC3)nn1C1CC1.CCC(C)c1cc(S(N)(=O)=O)nn1C1CC1.O=C=Nc1c2c(cc3c1CCC3)CCC2. The van der Waals surface area contributed by atoms with Crippen LogP contribution in [0.25, 0.3) is 0 Å². The van der Waals surface area contributed by atoms with Crippen LogP contribution >= 0.6 is 0 Å². The number of hydrogen-bond acceptors (Lipinski definition) is 9. The van der Waals surface area contributed by atoms with E-state index < -0.39 is 26.1 Å². The molecule has 2 heterocycles. The molecule has 6 aliphatic rings. The van der Waals surface area contributed by atoms with Gasteiger partial charge in [-0.25, -0.2) is 27.9 Å². The number of carbonyl (C=O) groups excluding carboxylic acids is 2. The summed E-state index contributed by atoms with van der Waals surface area (Å²) in [6, 6.07) is 7.80. The lowest BCUT2D eigenvalue weighted by molar-refractivity contribution is 0.256. The minimum atomic E-state index is -4.05. The average Bonchev–Trinajstić information content (AvgIpc) is 3.74. The molecule has 62 heavy (non-hydrogen) atoms. The molecular formula is C46H60N8O6S2. The normalized spacial score (nSPS) is 18.2. The van der Waals surface area contributed by atoms with Gasteiger partial charge in [-0.3, -0.25) is 9.36 Å². The highest BCUT2D eigenvalue weighted by molar-refractivity contribution is 7.90. The maximum absolute atomic E-state index is 13.0. The van der Waals surface area contributed by atoms with E-state index in [0.29, 0.717) is 12.0 Å². The second-order valence-corrected chi connectivity index (χ2v) is 21.2. The molecule has 0 radical (unpaired) electrons. The maximum Gasteiger partial charge on any atom is 0.333 e. The monoisotopic (exact) mass is 884 g/mol. The van der Waals surface area contributed by atoms with E-state index in [0.717, 1.165) is 125 Å². The summed E-state index contributed by atoms with van der Waals surface area (Å²) in [5.41, 5.74) is 14.1. The molecule has 0 bridgehead atoms. The number of anilines is 1. The second kappa shape index (κ2) is 17.9. The van der Waals surface area contributed by atoms with E-state index in [1.807, 2.05) is 9.36 Å². The van der Waals surface area contributed by atoms with Gasteiger partial charge in [-0.2, -0.15) is 23.6 Å². The molecule has 332 valence electrons. The first-order valence-electron chi connectivity index (χ1n) is 22.7. The third-order valence-corrected chi connectivity index (χ3v) is 15.6. The molecule has 16 heteroatoms. The van der Waals surface area contributed by atoms with Gasteiger partial charge in [0.15, 0.2) is 10.1 Å². The number of nitrogens with zero attached hydrogens (tertiary/aromatic N) is 5. The van der Waals surface area contributed by atoms with Gasteiger partial charge in [0.2, 0.25) is 6.08 Å². The van der Waals surface area contributed by atoms with E-state index >= 15 is 0 Å². The summed E-state index contributed by atoms with van der Waals surface area (Å²) in [5.74, 6) is 0.518. The Hall–Kier alpha value is -4.63. The predicted octanol–water partition coefficient (Wildman–Crippen LogP) is 8.23. The lowest BCUT2D eigenvalue weighted by Gasteiger charge is -2.16. The molecule has 2 unspecified atom stereocenters. The number of nitrogens with two attached hydrogens (primary N) is 1. The fraction of sp³-hybridized carbons (Fsp3) is 0.565. The van der Waals surface area contributed by atoms with E-state index in [1.54, 1.807) is 18.2 Å². The van der Waals surface area contributed by atoms with E-state index in [1.165, 1.54) is 57.3 Å². The molecule has 0 aliphatic heterocycles. The molecule has 2 atom stereocenters. The van der Waals surface area contributed by atoms with Crippen LogP contribution in [0.4, 0.5) is 16.2 Å². The topological polar surface area (TPSA) is 200 Å². The maximum atomic E-state index is 13.0. The number of urea groups is 1. The number of hydrogen-bond donors (Lipinski definition) is 3. The van der Waals surface area contributed by atoms with Crippen molar-refractivity contribution in [1.82, 2.24) is 24.3 Å². The number of rotatable bonds is 11. The molecule has 6 aliphatic carbocycles. The number of isocyanates is 1. The summed E-state index contributed by atoms with van der Waals surface area (Å²) in [7, 11) is -7.73. The molecule has 2 aromatic heterocycles. The van der Waals surface area contributed by atoms with Gasteiger partial charge < -0.3 is 5.32 Å². The van der Waals surface area contributed by atoms with Gasteiger partial charge in [0.05, 0.1) is 17.8 Å². The Morgan fingerprint density at radius 1 is 0.710 bits per heavy atom. The van der Waals surface area contributed by atoms with Crippen molar-refractivity contribution in [3.63, 3.8) is 0 Å². The third kappa shape index (κ3) is 9.20. The molecule has 2 fully saturated rings. The van der Waals surface area contributed by atoms with Crippen molar-refractivity contribution < 1.29 is 26.4 Å². The summed E-state index contributed by atoms with van der Waals surface area (Å²) in [6.07, 6.45) is 20.7. The Morgan fingerprint density at radius 3 is 1.55 bits per heavy atom. The van der Waals surface area contributed by atoms with Crippen molar-refractivity contribution in [3.05, 3.63) is 80.2 Å². The zero-order chi connectivity index (χ0) is 43.9. The van der Waals surface area contributed by atoms with Crippen LogP contribution in [0.1, 0.15) is 172 Å². The van der Waals surface area contributed by atoms with Crippen molar-refractivity contribution in [1.29, 1.82) is 0 Å². The molecule has 4 aromatic rings. The first-order chi connectivity index (χ1) is 29.7. The zero-order valence-electron chi connectivity index (χ0n) is 36.4. The van der Waals surface area contributed by atoms with Crippen molar-refractivity contribution in [2.75, 3.05) is 5.32 Å². The second-order valence-electron chi connectivity index (χ2n) is 18.0. The summed E-state index contributed by atoms with van der Waals surface area (Å²) >= 11 is 0. The van der Waals surface area contributed by atoms with Crippen LogP contribution in [0.3, 0.4) is 0 Å². The minimum absolute atomic E-state index is 0.00491. The number of fused-ring (bicyclic) bond motifs is 4. The van der Waals surface area contributed by atoms with Crippen LogP contribution in [0.5, 0.6) is 0 Å². The smallest absolute Gasteiger partial charge is 0.307 e. The number of carbonyl (C=O) groups is 1. The Morgan fingerprint density at radius 2 is 1.13 bits per heavy atom. The van der Waals surface area contributed by atoms with Gasteiger partial charge in [0.1, 0.15) is 0 Å². The molecule has 4 N–H and O–H groups in total. The lowest BCUT2D eigenvalue weighted by Crippen LogP contribution is -2.35. The Balaban J connectivity index is 0.000000143. The molecule has 2 amide bonds. The van der Waals surface area contributed by atoms with Crippen LogP contribution in [0, 0.1) is 0 Å². The van der Waals surface area contributed by atoms with Crippen molar-refractivity contribution in [2.24, 2.45) is 10.1 Å². The van der Waals surface area contributed by atoms with Crippen molar-refractivity contribution >= 4 is 43.5 Å². The molecular weight excluding hydrogens is 825 g/mol. The number of sulfonamides is 2. The van der Waals surface area contributed by atoms with Crippen LogP contribution in [-0.4, -0.2) is 48.5 Å². The molecule has 14 nitrogen and oxygen atoms in total. The van der Waals surface area contributed by atoms with E-state index in [4.69, 9.17) is 5.14 Å². The van der Waals surface area contributed by atoms with E-state index in [-0.39, 0.29) is 22.0 Å². The standard InChI is InChI=1S/C23H30N4O3S.C13H13NO.C10H17N3O2S/c1-3-14(2)20-13-21(25-27(20)17-10-11-17)31(29,30)26-23(28)24-22-18-8-4-6-15(18)12-16-7-5-9-19(16)22;15-8-14-13-11-5-1-3-9(11)7-10-4-2-6-12(10)13;1-3-7(2)9-6-10(16(11,14)15)12-13(9)8-4-5-8/h12-14,17H,3-11H2,1-2H3,(H2,24,26,28);7H,1-6H2;6-8H,3-5H2,1-2H3,(H2,11,14,15). The van der Waals surface area contributed by atoms with Crippen molar-refractivity contribution in [3.8, 4) is 0 Å². The van der Waals surface area contributed by atoms with Crippen LogP contribution in [0.2, 0.25) is 0 Å². The number of aliphatic imine (C=N–C) groups is 1. The van der Waals surface area contributed by atoms with Crippen LogP contribution < -0.4 is 15.2 Å². The van der Waals surface area contributed by atoms with Gasteiger partial charge >= 0.3 is 6.03 Å². The first-order valence-corrected chi connectivity index (χ1v) is 25.7. The number of nitrogens with one attached hydrogen (secondary N) is 2. The Labute approximate surface area is 365 Å². The molecule has 0 saturated heterocycles. The Bertz CT molecular complexity index is 2590. The van der Waals surface area contributed by atoms with Crippen molar-refractivity contribution in [2.45, 2.75) is 177 Å². The Kier molecular flexibility index (Phi) is 12.7. The molecule has 2 saturated carbocycles. The summed E-state index contributed by atoms with van der Waals surface area (Å²) in [5, 5.41) is 16.4. The van der Waals surface area contributed by atoms with Gasteiger partial charge in [-0.15, -0.1) is 0 Å². The van der Waals surface area contributed by atoms with Crippen LogP contribution in [0.15, 0.2) is 39.3 Å². The first kappa shape index (κ1) is 44.0. The number of aryl methyl sites for hydroxylation is 4. The summed E-state index contributed by atoms with van der Waals surface area (Å²) in [4.78, 5) is 27.2. The van der Waals surface area contributed by atoms with Crippen LogP contribution in [-0.2, 0) is 76.2 Å². The number of primary sulfonamides is 1. The average molecular weight is 885 g/mol.